The number of ether oxygens (including phenoxy) is 4. The molecule has 2 rings (SSSR count). The Kier molecular flexibility index (Phi) is 8.37. The van der Waals surface area contributed by atoms with Gasteiger partial charge in [-0.15, -0.1) is 0 Å². The quantitative estimate of drug-likeness (QED) is 0.128. The first-order valence-corrected chi connectivity index (χ1v) is 9.22. The predicted octanol–water partition coefficient (Wildman–Crippen LogP) is -6.52. The first kappa shape index (κ1) is 25.7. The second kappa shape index (κ2) is 10.4. The number of aliphatic imine (C=N–C) groups is 1. The number of aliphatic hydroxyl groups excluding tert-OH is 6. The molecule has 17 heteroatoms. The van der Waals surface area contributed by atoms with Crippen LogP contribution in [0, 0.1) is 0 Å². The Labute approximate surface area is 180 Å². The number of nitrogens with zero attached hydrogens (tertiary/aromatic N) is 1. The van der Waals surface area contributed by atoms with Crippen molar-refractivity contribution in [1.29, 1.82) is 0 Å². The SMILES string of the molecule is NC(=O)O[C@H]1[C@H](O)[C@@H](O)[C@H](O[C@H]2O[C@H](CO)[C@@H](O)[C@H](N=C(N)N)[C@@H]2O)[C@@H](OC(N)=O)[C@H]1O. The Morgan fingerprint density at radius 3 is 1.81 bits per heavy atom. The minimum Gasteiger partial charge on any atom is -0.441 e. The van der Waals surface area contributed by atoms with Crippen molar-refractivity contribution in [1.82, 2.24) is 0 Å². The Morgan fingerprint density at radius 2 is 1.31 bits per heavy atom. The number of rotatable bonds is 6. The summed E-state index contributed by atoms with van der Waals surface area (Å²) in [6, 6.07) is -1.45. The highest BCUT2D eigenvalue weighted by atomic mass is 16.7. The van der Waals surface area contributed by atoms with Crippen LogP contribution in [0.3, 0.4) is 0 Å². The molecule has 1 heterocycles. The van der Waals surface area contributed by atoms with E-state index in [4.69, 9.17) is 37.1 Å². The van der Waals surface area contributed by atoms with Gasteiger partial charge in [0, 0.05) is 0 Å². The highest BCUT2D eigenvalue weighted by Crippen LogP contribution is 2.32. The Balaban J connectivity index is 2.34. The lowest BCUT2D eigenvalue weighted by Gasteiger charge is -2.47. The van der Waals surface area contributed by atoms with Crippen LogP contribution in [0.5, 0.6) is 0 Å². The summed E-state index contributed by atoms with van der Waals surface area (Å²) in [6.07, 6.45) is -20.9. The van der Waals surface area contributed by atoms with E-state index < -0.39 is 92.0 Å². The zero-order valence-electron chi connectivity index (χ0n) is 16.4. The van der Waals surface area contributed by atoms with Crippen LogP contribution in [0.25, 0.3) is 0 Å². The van der Waals surface area contributed by atoms with Crippen LogP contribution >= 0.6 is 0 Å². The number of guanidine groups is 1. The molecule has 0 unspecified atom stereocenters. The molecule has 0 aromatic carbocycles. The van der Waals surface area contributed by atoms with E-state index in [-0.39, 0.29) is 0 Å². The van der Waals surface area contributed by atoms with Crippen molar-refractivity contribution in [3.05, 3.63) is 0 Å². The average molecular weight is 469 g/mol. The van der Waals surface area contributed by atoms with Crippen molar-refractivity contribution in [2.45, 2.75) is 67.3 Å². The summed E-state index contributed by atoms with van der Waals surface area (Å²) in [5.74, 6) is -0.518. The molecule has 11 atom stereocenters. The molecule has 1 aliphatic heterocycles. The lowest BCUT2D eigenvalue weighted by Crippen LogP contribution is -2.68. The third kappa shape index (κ3) is 5.45. The van der Waals surface area contributed by atoms with Crippen molar-refractivity contribution in [2.75, 3.05) is 6.61 Å². The van der Waals surface area contributed by atoms with Crippen molar-refractivity contribution >= 4 is 18.1 Å². The van der Waals surface area contributed by atoms with Crippen LogP contribution in [-0.4, -0.2) is 123 Å². The zero-order chi connectivity index (χ0) is 24.3. The number of hydrogen-bond acceptors (Lipinski definition) is 13. The standard InChI is InChI=1S/C15H27N5O12/c16-13(17)20-3-4(22)2(1-21)29-12(5(3)23)30-10-7(25)6(24)9(31-14(18)27)8(26)11(10)32-15(19)28/h2-12,21-26H,1H2,(H2,18,27)(H2,19,28)(H4,16,17,20)/t2-,3+,4-,5+,6-,7-,8+,9+,10+,11+,12-/m1/s1. The van der Waals surface area contributed by atoms with Gasteiger partial charge in [-0.25, -0.2) is 14.6 Å². The highest BCUT2D eigenvalue weighted by molar-refractivity contribution is 5.76. The summed E-state index contributed by atoms with van der Waals surface area (Å²) < 4.78 is 20.0. The molecule has 1 saturated carbocycles. The van der Waals surface area contributed by atoms with Gasteiger partial charge in [0.2, 0.25) is 0 Å². The Bertz CT molecular complexity index is 708. The number of nitrogens with two attached hydrogens (primary N) is 4. The number of carbonyl (C=O) groups is 2. The first-order chi connectivity index (χ1) is 14.9. The number of carbonyl (C=O) groups excluding carboxylic acids is 2. The summed E-state index contributed by atoms with van der Waals surface area (Å²) >= 11 is 0. The van der Waals surface area contributed by atoms with Crippen LogP contribution in [0.4, 0.5) is 9.59 Å². The fourth-order valence-electron chi connectivity index (χ4n) is 3.53. The zero-order valence-corrected chi connectivity index (χ0v) is 16.4. The monoisotopic (exact) mass is 469 g/mol. The van der Waals surface area contributed by atoms with E-state index in [1.54, 1.807) is 0 Å². The molecule has 184 valence electrons. The summed E-state index contributed by atoms with van der Waals surface area (Å²) in [5, 5.41) is 61.3. The van der Waals surface area contributed by atoms with Gasteiger partial charge in [0.05, 0.1) is 6.61 Å². The number of hydrogen-bond donors (Lipinski definition) is 10. The van der Waals surface area contributed by atoms with E-state index in [0.717, 1.165) is 0 Å². The number of primary amides is 2. The van der Waals surface area contributed by atoms with Crippen molar-refractivity contribution in [3.8, 4) is 0 Å². The van der Waals surface area contributed by atoms with Gasteiger partial charge in [-0.1, -0.05) is 0 Å². The second-order valence-electron chi connectivity index (χ2n) is 7.13. The highest BCUT2D eigenvalue weighted by Gasteiger charge is 2.56. The lowest BCUT2D eigenvalue weighted by atomic mass is 9.84. The molecule has 14 N–H and O–H groups in total. The second-order valence-corrected chi connectivity index (χ2v) is 7.13. The molecule has 0 spiro atoms. The molecule has 17 nitrogen and oxygen atoms in total. The molecule has 2 amide bonds. The molecular weight excluding hydrogens is 442 g/mol. The lowest BCUT2D eigenvalue weighted by molar-refractivity contribution is -0.324. The summed E-state index contributed by atoms with van der Waals surface area (Å²) in [4.78, 5) is 26.0. The van der Waals surface area contributed by atoms with E-state index in [0.29, 0.717) is 0 Å². The molecule has 0 radical (unpaired) electrons. The molecule has 2 fully saturated rings. The molecule has 0 aromatic heterocycles. The summed E-state index contributed by atoms with van der Waals surface area (Å²) in [7, 11) is 0. The molecule has 0 aromatic rings. The molecular formula is C15H27N5O12. The van der Waals surface area contributed by atoms with E-state index >= 15 is 0 Å². The molecule has 32 heavy (non-hydrogen) atoms. The van der Waals surface area contributed by atoms with Crippen LogP contribution in [0.15, 0.2) is 4.99 Å². The van der Waals surface area contributed by atoms with Crippen LogP contribution in [0.1, 0.15) is 0 Å². The average Bonchev–Trinajstić information content (AvgIpc) is 2.70. The van der Waals surface area contributed by atoms with Gasteiger partial charge < -0.3 is 72.5 Å². The van der Waals surface area contributed by atoms with Gasteiger partial charge >= 0.3 is 12.2 Å². The van der Waals surface area contributed by atoms with Crippen molar-refractivity contribution < 1.29 is 59.2 Å². The molecule has 1 saturated heterocycles. The minimum absolute atomic E-state index is 0.518. The van der Waals surface area contributed by atoms with Crippen LogP contribution < -0.4 is 22.9 Å². The van der Waals surface area contributed by atoms with Crippen molar-refractivity contribution in [2.24, 2.45) is 27.9 Å². The topological polar surface area (TPSA) is 309 Å². The smallest absolute Gasteiger partial charge is 0.404 e. The third-order valence-corrected chi connectivity index (χ3v) is 4.96. The van der Waals surface area contributed by atoms with Crippen molar-refractivity contribution in [3.63, 3.8) is 0 Å². The van der Waals surface area contributed by atoms with Crippen LogP contribution in [-0.2, 0) is 18.9 Å². The van der Waals surface area contributed by atoms with Gasteiger partial charge in [-0.05, 0) is 0 Å². The molecule has 1 aliphatic carbocycles. The maximum atomic E-state index is 11.3. The van der Waals surface area contributed by atoms with Crippen LogP contribution in [0.2, 0.25) is 0 Å². The van der Waals surface area contributed by atoms with E-state index in [9.17, 15) is 40.2 Å². The summed E-state index contributed by atoms with van der Waals surface area (Å²) in [5.41, 5.74) is 20.4. The summed E-state index contributed by atoms with van der Waals surface area (Å²) in [6.45, 7) is -0.765. The van der Waals surface area contributed by atoms with E-state index in [1.807, 2.05) is 0 Å². The Hall–Kier alpha value is -2.51. The van der Waals surface area contributed by atoms with Gasteiger partial charge in [0.1, 0.15) is 48.8 Å². The molecule has 0 bridgehead atoms. The fourth-order valence-corrected chi connectivity index (χ4v) is 3.53. The normalized spacial score (nSPS) is 42.0. The maximum absolute atomic E-state index is 11.3. The molecule has 2 aliphatic rings. The first-order valence-electron chi connectivity index (χ1n) is 9.22. The van der Waals surface area contributed by atoms with Gasteiger partial charge in [-0.2, -0.15) is 0 Å². The third-order valence-electron chi connectivity index (χ3n) is 4.96. The fraction of sp³-hybridized carbons (Fsp3) is 0.800. The Morgan fingerprint density at radius 1 is 0.781 bits per heavy atom. The van der Waals surface area contributed by atoms with Gasteiger partial charge in [-0.3, -0.25) is 0 Å². The largest absolute Gasteiger partial charge is 0.441 e. The number of amides is 2. The van der Waals surface area contributed by atoms with E-state index in [2.05, 4.69) is 9.73 Å². The van der Waals surface area contributed by atoms with E-state index in [1.165, 1.54) is 0 Å². The number of aliphatic hydroxyl groups is 6. The predicted molar refractivity (Wildman–Crippen MR) is 99.2 cm³/mol. The van der Waals surface area contributed by atoms with Gasteiger partial charge in [0.25, 0.3) is 0 Å². The maximum Gasteiger partial charge on any atom is 0.404 e. The minimum atomic E-state index is -2.01. The van der Waals surface area contributed by atoms with Gasteiger partial charge in [0.15, 0.2) is 24.5 Å².